The molecule has 0 saturated heterocycles. The number of aryl methyl sites for hydroxylation is 1. The van der Waals surface area contributed by atoms with E-state index in [4.69, 9.17) is 16.3 Å². The summed E-state index contributed by atoms with van der Waals surface area (Å²) >= 11 is 6.20. The quantitative estimate of drug-likeness (QED) is 0.809. The Hall–Kier alpha value is -1.61. The smallest absolute Gasteiger partial charge is 0.138 e. The second-order valence-corrected chi connectivity index (χ2v) is 5.10. The second kappa shape index (κ2) is 7.25. The van der Waals surface area contributed by atoms with E-state index >= 15 is 0 Å². The van der Waals surface area contributed by atoms with Crippen LogP contribution in [-0.4, -0.2) is 11.2 Å². The van der Waals surface area contributed by atoms with Gasteiger partial charge in [0.25, 0.3) is 0 Å². The lowest BCUT2D eigenvalue weighted by atomic mass is 10.2. The van der Waals surface area contributed by atoms with Crippen LogP contribution in [0, 0.1) is 0 Å². The van der Waals surface area contributed by atoms with Crippen LogP contribution in [0.25, 0.3) is 0 Å². The van der Waals surface area contributed by atoms with Gasteiger partial charge in [0.15, 0.2) is 0 Å². The molecule has 1 N–H and O–H groups in total. The number of rotatable bonds is 7. The molecule has 0 spiro atoms. The Kier molecular flexibility index (Phi) is 5.36. The molecular formula is C16H21ClN2O. The molecule has 0 aliphatic heterocycles. The average molecular weight is 293 g/mol. The molecule has 1 aromatic carbocycles. The highest BCUT2D eigenvalue weighted by Gasteiger charge is 2.03. The molecule has 108 valence electrons. The van der Waals surface area contributed by atoms with Crippen molar-refractivity contribution in [2.45, 2.75) is 33.4 Å². The Bertz CT molecular complexity index is 551. The van der Waals surface area contributed by atoms with Crippen LogP contribution in [-0.2, 0) is 13.1 Å². The number of nitrogens with one attached hydrogen (secondary N) is 1. The zero-order valence-corrected chi connectivity index (χ0v) is 12.8. The summed E-state index contributed by atoms with van der Waals surface area (Å²) < 4.78 is 7.72. The van der Waals surface area contributed by atoms with Gasteiger partial charge in [-0.25, -0.2) is 0 Å². The number of halogens is 1. The summed E-state index contributed by atoms with van der Waals surface area (Å²) in [4.78, 5) is 0. The Balaban J connectivity index is 1.94. The number of nitrogens with zero attached hydrogens (tertiary/aromatic N) is 1. The summed E-state index contributed by atoms with van der Waals surface area (Å²) in [6, 6.07) is 7.94. The molecule has 2 aromatic rings. The molecular weight excluding hydrogens is 272 g/mol. The fourth-order valence-electron chi connectivity index (χ4n) is 1.94. The van der Waals surface area contributed by atoms with Gasteiger partial charge in [0.05, 0.1) is 11.6 Å². The predicted molar refractivity (Wildman–Crippen MR) is 84.7 cm³/mol. The van der Waals surface area contributed by atoms with Gasteiger partial charge in [0.1, 0.15) is 5.75 Å². The maximum atomic E-state index is 6.20. The molecule has 3 nitrogen and oxygen atoms in total. The van der Waals surface area contributed by atoms with Crippen LogP contribution >= 0.6 is 11.6 Å². The van der Waals surface area contributed by atoms with Gasteiger partial charge in [0.2, 0.25) is 0 Å². The molecule has 1 aromatic heterocycles. The summed E-state index contributed by atoms with van der Waals surface area (Å²) in [5, 5.41) is 4.02. The molecule has 0 aliphatic rings. The minimum atomic E-state index is 0.648. The van der Waals surface area contributed by atoms with Crippen LogP contribution in [0.1, 0.15) is 25.8 Å². The number of ether oxygens (including phenoxy) is 1. The minimum Gasteiger partial charge on any atom is -0.492 e. The van der Waals surface area contributed by atoms with Crippen molar-refractivity contribution < 1.29 is 4.74 Å². The van der Waals surface area contributed by atoms with E-state index in [1.165, 1.54) is 5.56 Å². The van der Waals surface area contributed by atoms with Crippen molar-refractivity contribution >= 4 is 17.3 Å². The zero-order chi connectivity index (χ0) is 14.4. The lowest BCUT2D eigenvalue weighted by Gasteiger charge is -2.10. The highest BCUT2D eigenvalue weighted by Crippen LogP contribution is 2.28. The molecule has 20 heavy (non-hydrogen) atoms. The van der Waals surface area contributed by atoms with Crippen LogP contribution in [0.2, 0.25) is 5.02 Å². The van der Waals surface area contributed by atoms with Gasteiger partial charge in [-0.2, -0.15) is 0 Å². The average Bonchev–Trinajstić information content (AvgIpc) is 2.92. The monoisotopic (exact) mass is 292 g/mol. The van der Waals surface area contributed by atoms with Crippen molar-refractivity contribution in [3.63, 3.8) is 0 Å². The third kappa shape index (κ3) is 3.94. The lowest BCUT2D eigenvalue weighted by Crippen LogP contribution is -2.00. The van der Waals surface area contributed by atoms with E-state index in [-0.39, 0.29) is 0 Å². The summed E-state index contributed by atoms with van der Waals surface area (Å²) in [7, 11) is 0. The number of anilines is 1. The first-order valence-corrected chi connectivity index (χ1v) is 7.41. The highest BCUT2D eigenvalue weighted by molar-refractivity contribution is 6.32. The Morgan fingerprint density at radius 1 is 1.25 bits per heavy atom. The predicted octanol–water partition coefficient (Wildman–Crippen LogP) is 4.56. The van der Waals surface area contributed by atoms with E-state index in [1.54, 1.807) is 0 Å². The highest BCUT2D eigenvalue weighted by atomic mass is 35.5. The number of benzene rings is 1. The molecule has 0 unspecified atom stereocenters. The van der Waals surface area contributed by atoms with Gasteiger partial charge >= 0.3 is 0 Å². The van der Waals surface area contributed by atoms with Crippen molar-refractivity contribution in [2.75, 3.05) is 11.9 Å². The van der Waals surface area contributed by atoms with Gasteiger partial charge in [-0.3, -0.25) is 0 Å². The van der Waals surface area contributed by atoms with Crippen LogP contribution in [0.15, 0.2) is 36.7 Å². The Morgan fingerprint density at radius 3 is 2.75 bits per heavy atom. The summed E-state index contributed by atoms with van der Waals surface area (Å²) in [6.07, 6.45) is 5.21. The van der Waals surface area contributed by atoms with Crippen LogP contribution in [0.4, 0.5) is 5.69 Å². The largest absolute Gasteiger partial charge is 0.492 e. The second-order valence-electron chi connectivity index (χ2n) is 4.70. The molecule has 0 atom stereocenters. The van der Waals surface area contributed by atoms with Crippen molar-refractivity contribution in [3.05, 3.63) is 47.2 Å². The summed E-state index contributed by atoms with van der Waals surface area (Å²) in [5.41, 5.74) is 2.26. The van der Waals surface area contributed by atoms with Gasteiger partial charge in [0, 0.05) is 31.2 Å². The fourth-order valence-corrected chi connectivity index (χ4v) is 2.17. The molecule has 0 aliphatic carbocycles. The van der Waals surface area contributed by atoms with Gasteiger partial charge < -0.3 is 14.6 Å². The van der Waals surface area contributed by atoms with E-state index < -0.39 is 0 Å². The lowest BCUT2D eigenvalue weighted by molar-refractivity contribution is 0.317. The molecule has 4 heteroatoms. The Morgan fingerprint density at radius 2 is 2.10 bits per heavy atom. The van der Waals surface area contributed by atoms with Crippen molar-refractivity contribution in [1.82, 2.24) is 4.57 Å². The van der Waals surface area contributed by atoms with E-state index in [2.05, 4.69) is 42.2 Å². The molecule has 2 rings (SSSR count). The van der Waals surface area contributed by atoms with Crippen LogP contribution in [0.3, 0.4) is 0 Å². The molecule has 0 amide bonds. The first kappa shape index (κ1) is 14.8. The van der Waals surface area contributed by atoms with E-state index in [1.807, 2.05) is 18.2 Å². The topological polar surface area (TPSA) is 26.2 Å². The standard InChI is InChI=1S/C16H21ClN2O/c1-3-9-20-16-6-5-14(10-15(16)17)18-11-13-7-8-19(4-2)12-13/h5-8,10,12,18H,3-4,9,11H2,1-2H3. The maximum absolute atomic E-state index is 6.20. The van der Waals surface area contributed by atoms with Crippen molar-refractivity contribution in [3.8, 4) is 5.75 Å². The SMILES string of the molecule is CCCOc1ccc(NCc2ccn(CC)c2)cc1Cl. The number of aromatic nitrogens is 1. The summed E-state index contributed by atoms with van der Waals surface area (Å²) in [6.45, 7) is 6.68. The summed E-state index contributed by atoms with van der Waals surface area (Å²) in [5.74, 6) is 0.746. The van der Waals surface area contributed by atoms with Crippen molar-refractivity contribution in [2.24, 2.45) is 0 Å². The molecule has 0 saturated carbocycles. The molecule has 0 bridgehead atoms. The van der Waals surface area contributed by atoms with Crippen LogP contribution < -0.4 is 10.1 Å². The molecule has 0 fully saturated rings. The third-order valence-corrected chi connectivity index (χ3v) is 3.36. The Labute approximate surface area is 125 Å². The molecule has 0 radical (unpaired) electrons. The van der Waals surface area contributed by atoms with Gasteiger partial charge in [-0.15, -0.1) is 0 Å². The normalized spacial score (nSPS) is 10.6. The molecule has 1 heterocycles. The van der Waals surface area contributed by atoms with Crippen molar-refractivity contribution in [1.29, 1.82) is 0 Å². The number of hydrogen-bond donors (Lipinski definition) is 1. The zero-order valence-electron chi connectivity index (χ0n) is 12.0. The van der Waals surface area contributed by atoms with E-state index in [0.717, 1.165) is 30.9 Å². The fraction of sp³-hybridized carbons (Fsp3) is 0.375. The maximum Gasteiger partial charge on any atom is 0.138 e. The first-order chi connectivity index (χ1) is 9.72. The van der Waals surface area contributed by atoms with Gasteiger partial charge in [-0.1, -0.05) is 18.5 Å². The minimum absolute atomic E-state index is 0.648. The third-order valence-electron chi connectivity index (χ3n) is 3.07. The van der Waals surface area contributed by atoms with Gasteiger partial charge in [-0.05, 0) is 43.2 Å². The van der Waals surface area contributed by atoms with E-state index in [0.29, 0.717) is 11.6 Å². The number of hydrogen-bond acceptors (Lipinski definition) is 2. The first-order valence-electron chi connectivity index (χ1n) is 7.03. The van der Waals surface area contributed by atoms with Crippen LogP contribution in [0.5, 0.6) is 5.75 Å². The van der Waals surface area contributed by atoms with E-state index in [9.17, 15) is 0 Å².